The molecule has 0 spiro atoms. The van der Waals surface area contributed by atoms with Gasteiger partial charge in [0, 0.05) is 45.0 Å². The Bertz CT molecular complexity index is 1050. The van der Waals surface area contributed by atoms with Crippen LogP contribution in [0.15, 0.2) is 42.7 Å². The van der Waals surface area contributed by atoms with Gasteiger partial charge < -0.3 is 14.5 Å². The topological polar surface area (TPSA) is 76.4 Å². The highest BCUT2D eigenvalue weighted by Gasteiger charge is 2.26. The second kappa shape index (κ2) is 8.68. The molecule has 8 nitrogen and oxygen atoms in total. The van der Waals surface area contributed by atoms with Gasteiger partial charge in [0.1, 0.15) is 5.82 Å². The first kappa shape index (κ1) is 20.1. The van der Waals surface area contributed by atoms with Crippen LogP contribution in [-0.2, 0) is 11.3 Å². The lowest BCUT2D eigenvalue weighted by Gasteiger charge is -2.32. The SMILES string of the molecule is COCc1c(C(=O)N2CCN(C)CC2)cnn1-c1nccc(-c2ccccc2F)n1. The minimum absolute atomic E-state index is 0.0911. The number of carbonyl (C=O) groups is 1. The molecule has 2 aromatic heterocycles. The summed E-state index contributed by atoms with van der Waals surface area (Å²) in [6, 6.07) is 8.05. The Morgan fingerprint density at radius 1 is 1.17 bits per heavy atom. The van der Waals surface area contributed by atoms with Crippen molar-refractivity contribution in [1.29, 1.82) is 0 Å². The number of aromatic nitrogens is 4. The van der Waals surface area contributed by atoms with Gasteiger partial charge in [-0.15, -0.1) is 0 Å². The van der Waals surface area contributed by atoms with E-state index >= 15 is 0 Å². The fourth-order valence-electron chi connectivity index (χ4n) is 3.45. The third-order valence-corrected chi connectivity index (χ3v) is 5.15. The summed E-state index contributed by atoms with van der Waals surface area (Å²) in [7, 11) is 3.59. The predicted molar refractivity (Wildman–Crippen MR) is 109 cm³/mol. The summed E-state index contributed by atoms with van der Waals surface area (Å²) in [5, 5.41) is 4.35. The van der Waals surface area contributed by atoms with Crippen LogP contribution in [-0.4, -0.2) is 75.8 Å². The lowest BCUT2D eigenvalue weighted by Crippen LogP contribution is -2.47. The number of nitrogens with zero attached hydrogens (tertiary/aromatic N) is 6. The van der Waals surface area contributed by atoms with Crippen LogP contribution < -0.4 is 0 Å². The Hall–Kier alpha value is -3.17. The highest BCUT2D eigenvalue weighted by molar-refractivity contribution is 5.95. The fourth-order valence-corrected chi connectivity index (χ4v) is 3.45. The number of hydrogen-bond acceptors (Lipinski definition) is 6. The molecule has 1 aliphatic heterocycles. The first-order chi connectivity index (χ1) is 14.6. The summed E-state index contributed by atoms with van der Waals surface area (Å²) in [4.78, 5) is 25.8. The summed E-state index contributed by atoms with van der Waals surface area (Å²) in [5.41, 5.74) is 1.83. The van der Waals surface area contributed by atoms with Crippen molar-refractivity contribution in [3.63, 3.8) is 0 Å². The molecule has 4 rings (SSSR count). The molecule has 0 unspecified atom stereocenters. The number of likely N-dealkylation sites (N-methyl/N-ethyl adjacent to an activating group) is 1. The molecule has 9 heteroatoms. The molecule has 1 aliphatic rings. The van der Waals surface area contributed by atoms with Crippen molar-refractivity contribution >= 4 is 5.91 Å². The Morgan fingerprint density at radius 3 is 2.67 bits per heavy atom. The quantitative estimate of drug-likeness (QED) is 0.641. The molecule has 3 aromatic rings. The fraction of sp³-hybridized carbons (Fsp3) is 0.333. The number of hydrogen-bond donors (Lipinski definition) is 0. The van der Waals surface area contributed by atoms with Crippen LogP contribution in [0.2, 0.25) is 0 Å². The maximum absolute atomic E-state index is 14.2. The van der Waals surface area contributed by atoms with E-state index in [1.54, 1.807) is 37.6 Å². The van der Waals surface area contributed by atoms with Crippen LogP contribution in [0.3, 0.4) is 0 Å². The number of carbonyl (C=O) groups excluding carboxylic acids is 1. The van der Waals surface area contributed by atoms with E-state index in [4.69, 9.17) is 4.74 Å². The Labute approximate surface area is 173 Å². The van der Waals surface area contributed by atoms with Crippen LogP contribution in [0, 0.1) is 5.82 Å². The van der Waals surface area contributed by atoms with E-state index in [2.05, 4.69) is 20.0 Å². The molecule has 1 fully saturated rings. The van der Waals surface area contributed by atoms with E-state index in [-0.39, 0.29) is 24.3 Å². The third-order valence-electron chi connectivity index (χ3n) is 5.15. The molecular formula is C21H23FN6O2. The molecule has 1 aromatic carbocycles. The second-order valence-corrected chi connectivity index (χ2v) is 7.17. The number of halogens is 1. The van der Waals surface area contributed by atoms with Gasteiger partial charge in [0.15, 0.2) is 0 Å². The summed E-state index contributed by atoms with van der Waals surface area (Å²) in [6.45, 7) is 3.14. The molecule has 0 aliphatic carbocycles. The number of methoxy groups -OCH3 is 1. The summed E-state index contributed by atoms with van der Waals surface area (Å²) in [6.07, 6.45) is 3.07. The molecule has 0 radical (unpaired) electrons. The van der Waals surface area contributed by atoms with Gasteiger partial charge in [-0.05, 0) is 25.2 Å². The molecule has 0 saturated carbocycles. The number of amides is 1. The minimum atomic E-state index is -0.370. The van der Waals surface area contributed by atoms with Gasteiger partial charge in [-0.25, -0.2) is 14.4 Å². The Kier molecular flexibility index (Phi) is 5.82. The zero-order chi connectivity index (χ0) is 21.1. The van der Waals surface area contributed by atoms with Crippen molar-refractivity contribution in [2.45, 2.75) is 6.61 Å². The van der Waals surface area contributed by atoms with E-state index in [1.807, 2.05) is 11.9 Å². The lowest BCUT2D eigenvalue weighted by molar-refractivity contribution is 0.0659. The monoisotopic (exact) mass is 410 g/mol. The maximum atomic E-state index is 14.2. The van der Waals surface area contributed by atoms with Crippen molar-refractivity contribution in [2.24, 2.45) is 0 Å². The molecule has 0 bridgehead atoms. The number of ether oxygens (including phenoxy) is 1. The summed E-state index contributed by atoms with van der Waals surface area (Å²) < 4.78 is 21.0. The maximum Gasteiger partial charge on any atom is 0.257 e. The average molecular weight is 410 g/mol. The molecule has 3 heterocycles. The molecular weight excluding hydrogens is 387 g/mol. The first-order valence-electron chi connectivity index (χ1n) is 9.70. The average Bonchev–Trinajstić information content (AvgIpc) is 3.18. The molecule has 0 N–H and O–H groups in total. The van der Waals surface area contributed by atoms with E-state index in [0.717, 1.165) is 13.1 Å². The zero-order valence-corrected chi connectivity index (χ0v) is 17.0. The zero-order valence-electron chi connectivity index (χ0n) is 17.0. The minimum Gasteiger partial charge on any atom is -0.378 e. The molecule has 156 valence electrons. The van der Waals surface area contributed by atoms with E-state index in [0.29, 0.717) is 35.6 Å². The number of benzene rings is 1. The van der Waals surface area contributed by atoms with E-state index < -0.39 is 0 Å². The lowest BCUT2D eigenvalue weighted by atomic mass is 10.1. The van der Waals surface area contributed by atoms with Crippen LogP contribution in [0.25, 0.3) is 17.2 Å². The van der Waals surface area contributed by atoms with Gasteiger partial charge in [-0.1, -0.05) is 12.1 Å². The van der Waals surface area contributed by atoms with E-state index in [1.165, 1.54) is 16.9 Å². The largest absolute Gasteiger partial charge is 0.378 e. The van der Waals surface area contributed by atoms with Gasteiger partial charge in [0.25, 0.3) is 11.9 Å². The standard InChI is InChI=1S/C21H23FN6O2/c1-26-9-11-27(12-10-26)20(29)16-13-24-28(19(16)14-30-2)21-23-8-7-18(25-21)15-5-3-4-6-17(15)22/h3-8,13H,9-12,14H2,1-2H3. The normalized spacial score (nSPS) is 14.8. The first-order valence-corrected chi connectivity index (χ1v) is 9.70. The van der Waals surface area contributed by atoms with Gasteiger partial charge >= 0.3 is 0 Å². The van der Waals surface area contributed by atoms with Gasteiger partial charge in [-0.3, -0.25) is 4.79 Å². The van der Waals surface area contributed by atoms with Crippen LogP contribution in [0.1, 0.15) is 16.1 Å². The number of piperazine rings is 1. The highest BCUT2D eigenvalue weighted by Crippen LogP contribution is 2.22. The predicted octanol–water partition coefficient (Wildman–Crippen LogP) is 2.00. The smallest absolute Gasteiger partial charge is 0.257 e. The number of rotatable bonds is 5. The molecule has 30 heavy (non-hydrogen) atoms. The third kappa shape index (κ3) is 3.94. The van der Waals surface area contributed by atoms with Gasteiger partial charge in [0.2, 0.25) is 0 Å². The van der Waals surface area contributed by atoms with Gasteiger partial charge in [-0.2, -0.15) is 9.78 Å². The van der Waals surface area contributed by atoms with Crippen molar-refractivity contribution < 1.29 is 13.9 Å². The van der Waals surface area contributed by atoms with Crippen LogP contribution in [0.4, 0.5) is 4.39 Å². The van der Waals surface area contributed by atoms with Crippen molar-refractivity contribution in [3.05, 3.63) is 59.8 Å². The molecule has 0 atom stereocenters. The summed E-state index contributed by atoms with van der Waals surface area (Å²) in [5.74, 6) is -0.211. The Morgan fingerprint density at radius 2 is 1.93 bits per heavy atom. The van der Waals surface area contributed by atoms with Gasteiger partial charge in [0.05, 0.1) is 29.8 Å². The van der Waals surface area contributed by atoms with Crippen LogP contribution in [0.5, 0.6) is 0 Å². The Balaban J connectivity index is 1.69. The van der Waals surface area contributed by atoms with Crippen molar-refractivity contribution in [3.8, 4) is 17.2 Å². The second-order valence-electron chi connectivity index (χ2n) is 7.17. The van der Waals surface area contributed by atoms with Crippen molar-refractivity contribution in [1.82, 2.24) is 29.5 Å². The highest BCUT2D eigenvalue weighted by atomic mass is 19.1. The van der Waals surface area contributed by atoms with E-state index in [9.17, 15) is 9.18 Å². The van der Waals surface area contributed by atoms with Crippen molar-refractivity contribution in [2.75, 3.05) is 40.3 Å². The molecule has 1 saturated heterocycles. The summed E-state index contributed by atoms with van der Waals surface area (Å²) >= 11 is 0. The van der Waals surface area contributed by atoms with Crippen LogP contribution >= 0.6 is 0 Å². The molecule has 1 amide bonds.